The Balaban J connectivity index is 0.00000150. The number of aromatic nitrogens is 4. The second kappa shape index (κ2) is 6.53. The second-order valence-corrected chi connectivity index (χ2v) is 6.29. The van der Waals surface area contributed by atoms with Crippen molar-refractivity contribution in [3.05, 3.63) is 66.0 Å². The van der Waals surface area contributed by atoms with E-state index in [-0.39, 0.29) is 20.3 Å². The molecule has 2 aromatic carbocycles. The largest absolute Gasteiger partial charge is 0.382 e. The van der Waals surface area contributed by atoms with Crippen LogP contribution in [0.25, 0.3) is 22.6 Å². The van der Waals surface area contributed by atoms with E-state index in [4.69, 9.17) is 5.73 Å². The third-order valence-corrected chi connectivity index (χ3v) is 4.33. The van der Waals surface area contributed by atoms with Crippen molar-refractivity contribution in [1.29, 1.82) is 0 Å². The van der Waals surface area contributed by atoms with Crippen molar-refractivity contribution in [1.82, 2.24) is 19.9 Å². The van der Waals surface area contributed by atoms with Crippen LogP contribution in [0.3, 0.4) is 0 Å². The summed E-state index contributed by atoms with van der Waals surface area (Å²) in [7, 11) is 1.69. The molecule has 27 heavy (non-hydrogen) atoms. The van der Waals surface area contributed by atoms with E-state index in [1.165, 1.54) is 11.1 Å². The monoisotopic (exact) mass is 362 g/mol. The van der Waals surface area contributed by atoms with Gasteiger partial charge in [0.15, 0.2) is 11.6 Å². The second-order valence-electron chi connectivity index (χ2n) is 6.29. The normalized spacial score (nSPS) is 10.9. The Labute approximate surface area is 158 Å². The number of nitrogens with zero attached hydrogens (tertiary/aromatic N) is 4. The molecule has 0 saturated heterocycles. The molecule has 0 radical (unpaired) electrons. The van der Waals surface area contributed by atoms with Gasteiger partial charge in [-0.3, -0.25) is 4.79 Å². The predicted octanol–water partition coefficient (Wildman–Crippen LogP) is 3.68. The van der Waals surface area contributed by atoms with Gasteiger partial charge in [-0.1, -0.05) is 24.3 Å². The van der Waals surface area contributed by atoms with E-state index in [1.54, 1.807) is 7.05 Å². The molecule has 4 aromatic rings. The van der Waals surface area contributed by atoms with Crippen LogP contribution in [0, 0.1) is 6.92 Å². The van der Waals surface area contributed by atoms with E-state index in [9.17, 15) is 4.79 Å². The van der Waals surface area contributed by atoms with Gasteiger partial charge in [-0.15, -0.1) is 0 Å². The molecule has 1 amide bonds. The lowest BCUT2D eigenvalue weighted by atomic mass is 10.2. The molecule has 0 spiro atoms. The number of rotatable bonds is 3. The zero-order valence-electron chi connectivity index (χ0n) is 15.0. The van der Waals surface area contributed by atoms with E-state index in [2.05, 4.69) is 19.9 Å². The van der Waals surface area contributed by atoms with Crippen molar-refractivity contribution >= 4 is 28.4 Å². The fraction of sp³-hybridized carbons (Fsp3) is 0.100. The number of anilines is 2. The molecule has 0 fully saturated rings. The lowest BCUT2D eigenvalue weighted by Crippen LogP contribution is -2.27. The van der Waals surface area contributed by atoms with Crippen molar-refractivity contribution in [3.63, 3.8) is 0 Å². The maximum Gasteiger partial charge on any atom is 0.278 e. The third kappa shape index (κ3) is 3.10. The molecule has 0 aliphatic rings. The number of hydrogen-bond acceptors (Lipinski definition) is 5. The van der Waals surface area contributed by atoms with Gasteiger partial charge in [-0.25, -0.2) is 15.0 Å². The minimum Gasteiger partial charge on any atom is -0.382 e. The van der Waals surface area contributed by atoms with E-state index in [0.29, 0.717) is 11.5 Å². The summed E-state index contributed by atoms with van der Waals surface area (Å²) >= 11 is 0. The van der Waals surface area contributed by atoms with Gasteiger partial charge in [-0.2, -0.15) is 0 Å². The van der Waals surface area contributed by atoms with E-state index in [0.717, 1.165) is 22.3 Å². The number of nitrogens with one attached hydrogen (secondary N) is 1. The molecule has 7 nitrogen and oxygen atoms in total. The van der Waals surface area contributed by atoms with Crippen molar-refractivity contribution in [2.24, 2.45) is 0 Å². The van der Waals surface area contributed by atoms with Gasteiger partial charge >= 0.3 is 0 Å². The quantitative estimate of drug-likeness (QED) is 0.579. The SMILES string of the molecule is Cc1ccc2nc(-c3nc(C(=O)N(C)c4ccccc4)cnc3N)[nH]c2c1.[HH].[HH]. The van der Waals surface area contributed by atoms with Crippen LogP contribution in [0.4, 0.5) is 11.5 Å². The number of para-hydroxylation sites is 1. The molecule has 0 unspecified atom stereocenters. The van der Waals surface area contributed by atoms with Gasteiger partial charge in [0.05, 0.1) is 17.2 Å². The fourth-order valence-corrected chi connectivity index (χ4v) is 2.85. The summed E-state index contributed by atoms with van der Waals surface area (Å²) < 4.78 is 0. The lowest BCUT2D eigenvalue weighted by Gasteiger charge is -2.16. The summed E-state index contributed by atoms with van der Waals surface area (Å²) in [5, 5.41) is 0. The highest BCUT2D eigenvalue weighted by molar-refractivity contribution is 6.04. The number of hydrogen-bond donors (Lipinski definition) is 2. The molecule has 7 heteroatoms. The average Bonchev–Trinajstić information content (AvgIpc) is 3.10. The Morgan fingerprint density at radius 1 is 1.15 bits per heavy atom. The number of imidazole rings is 1. The van der Waals surface area contributed by atoms with Crippen LogP contribution in [0.1, 0.15) is 18.9 Å². The smallest absolute Gasteiger partial charge is 0.278 e. The number of carbonyl (C=O) groups is 1. The van der Waals surface area contributed by atoms with Gasteiger partial charge in [0, 0.05) is 15.6 Å². The number of benzene rings is 2. The van der Waals surface area contributed by atoms with Crippen molar-refractivity contribution in [2.75, 3.05) is 17.7 Å². The highest BCUT2D eigenvalue weighted by atomic mass is 16.2. The average molecular weight is 362 g/mol. The van der Waals surface area contributed by atoms with Gasteiger partial charge in [0.1, 0.15) is 11.4 Å². The van der Waals surface area contributed by atoms with Crippen LogP contribution in [-0.4, -0.2) is 32.9 Å². The van der Waals surface area contributed by atoms with Crippen molar-refractivity contribution in [2.45, 2.75) is 6.92 Å². The van der Waals surface area contributed by atoms with Crippen molar-refractivity contribution < 1.29 is 7.65 Å². The first-order valence-electron chi connectivity index (χ1n) is 8.45. The number of nitrogens with two attached hydrogens (primary N) is 1. The van der Waals surface area contributed by atoms with Gasteiger partial charge < -0.3 is 15.6 Å². The molecule has 3 N–H and O–H groups in total. The van der Waals surface area contributed by atoms with E-state index in [1.807, 2.05) is 55.5 Å². The molecular formula is C20H22N6O. The number of nitrogen functional groups attached to an aromatic ring is 1. The Kier molecular flexibility index (Phi) is 4.04. The zero-order chi connectivity index (χ0) is 19.0. The Hall–Kier alpha value is -3.74. The Morgan fingerprint density at radius 3 is 2.70 bits per heavy atom. The summed E-state index contributed by atoms with van der Waals surface area (Å²) in [6.07, 6.45) is 1.38. The minimum absolute atomic E-state index is 0. The standard InChI is InChI=1S/C20H18N6O.2H2/c1-12-8-9-14-15(10-12)25-19(24-14)17-18(21)22-11-16(23-17)20(27)26(2)13-6-4-3-5-7-13;;/h3-11H,1-2H3,(H2,21,22)(H,24,25);2*1H. The van der Waals surface area contributed by atoms with Gasteiger partial charge in [-0.05, 0) is 36.8 Å². The third-order valence-electron chi connectivity index (χ3n) is 4.33. The number of amides is 1. The molecule has 0 saturated carbocycles. The topological polar surface area (TPSA) is 101 Å². The number of aryl methyl sites for hydroxylation is 1. The molecule has 0 bridgehead atoms. The van der Waals surface area contributed by atoms with E-state index < -0.39 is 0 Å². The number of carbonyl (C=O) groups excluding carboxylic acids is 1. The first kappa shape index (κ1) is 16.7. The van der Waals surface area contributed by atoms with Crippen LogP contribution in [0.2, 0.25) is 0 Å². The first-order chi connectivity index (χ1) is 13.0. The number of aromatic amines is 1. The summed E-state index contributed by atoms with van der Waals surface area (Å²) in [5.74, 6) is 0.421. The summed E-state index contributed by atoms with van der Waals surface area (Å²) in [5.41, 5.74) is 10.1. The van der Waals surface area contributed by atoms with Crippen LogP contribution in [-0.2, 0) is 0 Å². The maximum atomic E-state index is 12.8. The summed E-state index contributed by atoms with van der Waals surface area (Å²) in [6.45, 7) is 2.01. The van der Waals surface area contributed by atoms with Gasteiger partial charge in [0.2, 0.25) is 0 Å². The Bertz CT molecular complexity index is 1150. The van der Waals surface area contributed by atoms with E-state index >= 15 is 0 Å². The maximum absolute atomic E-state index is 12.8. The summed E-state index contributed by atoms with van der Waals surface area (Å²) in [4.78, 5) is 30.6. The number of fused-ring (bicyclic) bond motifs is 1. The molecule has 138 valence electrons. The minimum atomic E-state index is -0.276. The molecular weight excluding hydrogens is 340 g/mol. The first-order valence-corrected chi connectivity index (χ1v) is 8.45. The van der Waals surface area contributed by atoms with Gasteiger partial charge in [0.25, 0.3) is 5.91 Å². The van der Waals surface area contributed by atoms with Crippen molar-refractivity contribution in [3.8, 4) is 11.5 Å². The molecule has 0 aliphatic heterocycles. The highest BCUT2D eigenvalue weighted by Gasteiger charge is 2.19. The predicted molar refractivity (Wildman–Crippen MR) is 110 cm³/mol. The van der Waals surface area contributed by atoms with Crippen LogP contribution in [0.5, 0.6) is 0 Å². The number of H-pyrrole nitrogens is 1. The van der Waals surface area contributed by atoms with Crippen LogP contribution < -0.4 is 10.6 Å². The van der Waals surface area contributed by atoms with Crippen LogP contribution in [0.15, 0.2) is 54.7 Å². The molecule has 4 rings (SSSR count). The fourth-order valence-electron chi connectivity index (χ4n) is 2.85. The molecule has 2 heterocycles. The highest BCUT2D eigenvalue weighted by Crippen LogP contribution is 2.24. The molecule has 0 atom stereocenters. The zero-order valence-corrected chi connectivity index (χ0v) is 15.0. The lowest BCUT2D eigenvalue weighted by molar-refractivity contribution is 0.0988. The molecule has 0 aliphatic carbocycles. The Morgan fingerprint density at radius 2 is 1.93 bits per heavy atom. The van der Waals surface area contributed by atoms with Crippen LogP contribution >= 0.6 is 0 Å². The summed E-state index contributed by atoms with van der Waals surface area (Å²) in [6, 6.07) is 15.2. The molecule has 2 aromatic heterocycles.